The summed E-state index contributed by atoms with van der Waals surface area (Å²) in [4.78, 5) is 24.6. The molecule has 0 spiro atoms. The van der Waals surface area contributed by atoms with Crippen molar-refractivity contribution >= 4 is 38.3 Å². The molecular formula is C22H20BrF3N2O5. The molecule has 0 saturated heterocycles. The number of aryl methyl sites for hydroxylation is 1. The molecule has 3 rings (SSSR count). The van der Waals surface area contributed by atoms with Crippen molar-refractivity contribution in [1.82, 2.24) is 5.16 Å². The number of aliphatic hydroxyl groups is 1. The zero-order valence-electron chi connectivity index (χ0n) is 17.7. The van der Waals surface area contributed by atoms with Gasteiger partial charge in [0.05, 0.1) is 11.1 Å². The first-order valence-electron chi connectivity index (χ1n) is 9.65. The lowest BCUT2D eigenvalue weighted by Crippen LogP contribution is -2.57. The van der Waals surface area contributed by atoms with Gasteiger partial charge in [0.2, 0.25) is 5.60 Å². The second-order valence-electron chi connectivity index (χ2n) is 8.35. The molecule has 1 amide bonds. The van der Waals surface area contributed by atoms with Crippen LogP contribution in [0.25, 0.3) is 10.8 Å². The number of benzene rings is 2. The van der Waals surface area contributed by atoms with Crippen LogP contribution in [-0.2, 0) is 10.2 Å². The minimum atomic E-state index is -5.33. The van der Waals surface area contributed by atoms with Crippen LogP contribution in [0.4, 0.5) is 18.9 Å². The molecule has 7 nitrogen and oxygen atoms in total. The minimum absolute atomic E-state index is 0.0752. The fourth-order valence-corrected chi connectivity index (χ4v) is 4.00. The molecule has 11 heteroatoms. The smallest absolute Gasteiger partial charge is 0.426 e. The number of alkyl halides is 3. The third-order valence-electron chi connectivity index (χ3n) is 5.38. The number of fused-ring (bicyclic) bond motifs is 1. The molecule has 0 saturated carbocycles. The lowest BCUT2D eigenvalue weighted by molar-refractivity contribution is -0.254. The zero-order valence-corrected chi connectivity index (χ0v) is 19.3. The summed E-state index contributed by atoms with van der Waals surface area (Å²) in [6.07, 6.45) is -6.40. The van der Waals surface area contributed by atoms with E-state index in [1.165, 1.54) is 57.2 Å². The number of phenolic OH excluding ortho intramolecular Hbond substituents is 1. The van der Waals surface area contributed by atoms with Gasteiger partial charge in [0.1, 0.15) is 5.75 Å². The standard InChI is InChI=1S/C22H20BrF3N2O5/c1-11-15-9-13(5-6-14(15)18(30)33-28-11)27-19(31)21(32,22(24,25)26)10-20(2,3)16-8-12(23)4-7-17(16)29/h4-9,29,32H,10H2,1-3H3,(H,27,31). The molecule has 0 aliphatic rings. The molecule has 0 bridgehead atoms. The van der Waals surface area contributed by atoms with E-state index >= 15 is 0 Å². The van der Waals surface area contributed by atoms with Gasteiger partial charge in [-0.15, -0.1) is 0 Å². The molecule has 0 fully saturated rings. The average molecular weight is 529 g/mol. The molecule has 1 unspecified atom stereocenters. The van der Waals surface area contributed by atoms with Crippen molar-refractivity contribution in [1.29, 1.82) is 0 Å². The first kappa shape index (κ1) is 24.7. The van der Waals surface area contributed by atoms with Gasteiger partial charge >= 0.3 is 11.8 Å². The van der Waals surface area contributed by atoms with Gasteiger partial charge in [-0.1, -0.05) is 34.9 Å². The van der Waals surface area contributed by atoms with Crippen LogP contribution in [0.5, 0.6) is 5.75 Å². The van der Waals surface area contributed by atoms with E-state index in [2.05, 4.69) is 30.9 Å². The Morgan fingerprint density at radius 2 is 1.82 bits per heavy atom. The van der Waals surface area contributed by atoms with Crippen LogP contribution < -0.4 is 10.9 Å². The van der Waals surface area contributed by atoms with Crippen LogP contribution in [0, 0.1) is 6.92 Å². The Bertz CT molecular complexity index is 1290. The summed E-state index contributed by atoms with van der Waals surface area (Å²) in [7, 11) is 0. The van der Waals surface area contributed by atoms with Crippen molar-refractivity contribution in [3.05, 3.63) is 62.5 Å². The number of hydrogen-bond acceptors (Lipinski definition) is 6. The minimum Gasteiger partial charge on any atom is -0.508 e. The van der Waals surface area contributed by atoms with E-state index in [4.69, 9.17) is 0 Å². The molecule has 1 heterocycles. The highest BCUT2D eigenvalue weighted by Crippen LogP contribution is 2.44. The highest BCUT2D eigenvalue weighted by molar-refractivity contribution is 9.10. The molecule has 2 aromatic carbocycles. The van der Waals surface area contributed by atoms with E-state index in [0.29, 0.717) is 4.47 Å². The summed E-state index contributed by atoms with van der Waals surface area (Å²) in [5.74, 6) is -1.98. The summed E-state index contributed by atoms with van der Waals surface area (Å²) in [6, 6.07) is 8.01. The van der Waals surface area contributed by atoms with Crippen LogP contribution in [-0.4, -0.2) is 33.1 Å². The van der Waals surface area contributed by atoms with Crippen LogP contribution >= 0.6 is 15.9 Å². The Morgan fingerprint density at radius 3 is 2.45 bits per heavy atom. The van der Waals surface area contributed by atoms with Gasteiger partial charge in [-0.3, -0.25) is 4.79 Å². The Labute approximate surface area is 194 Å². The van der Waals surface area contributed by atoms with Gasteiger partial charge < -0.3 is 20.1 Å². The number of hydrogen-bond donors (Lipinski definition) is 3. The number of aromatic nitrogens is 1. The number of anilines is 1. The molecule has 0 aliphatic carbocycles. The highest BCUT2D eigenvalue weighted by Gasteiger charge is 2.61. The van der Waals surface area contributed by atoms with Crippen molar-refractivity contribution in [2.24, 2.45) is 0 Å². The lowest BCUT2D eigenvalue weighted by atomic mass is 9.74. The number of carbonyl (C=O) groups excluding carboxylic acids is 1. The number of amides is 1. The van der Waals surface area contributed by atoms with E-state index < -0.39 is 35.1 Å². The number of rotatable bonds is 5. The Hall–Kier alpha value is -2.92. The van der Waals surface area contributed by atoms with E-state index in [0.717, 1.165) is 0 Å². The van der Waals surface area contributed by atoms with Crippen LogP contribution in [0.15, 0.2) is 50.2 Å². The maximum absolute atomic E-state index is 14.0. The number of phenols is 1. The molecule has 3 N–H and O–H groups in total. The fourth-order valence-electron chi connectivity index (χ4n) is 3.64. The molecular weight excluding hydrogens is 509 g/mol. The van der Waals surface area contributed by atoms with E-state index in [-0.39, 0.29) is 33.5 Å². The number of carbonyl (C=O) groups is 1. The van der Waals surface area contributed by atoms with Crippen molar-refractivity contribution in [3.8, 4) is 5.75 Å². The lowest BCUT2D eigenvalue weighted by Gasteiger charge is -2.37. The SMILES string of the molecule is Cc1noc(=O)c2ccc(NC(=O)C(O)(CC(C)(C)c3cc(Br)ccc3O)C(F)(F)F)cc12. The number of nitrogens with zero attached hydrogens (tertiary/aromatic N) is 1. The Balaban J connectivity index is 1.99. The van der Waals surface area contributed by atoms with E-state index in [1.54, 1.807) is 0 Å². The zero-order chi connectivity index (χ0) is 24.8. The molecule has 33 heavy (non-hydrogen) atoms. The molecule has 3 aromatic rings. The normalized spacial score (nSPS) is 14.2. The number of aromatic hydroxyl groups is 1. The quantitative estimate of drug-likeness (QED) is 0.447. The second kappa shape index (κ2) is 8.45. The second-order valence-corrected chi connectivity index (χ2v) is 9.27. The Kier molecular flexibility index (Phi) is 6.33. The van der Waals surface area contributed by atoms with Crippen LogP contribution in [0.2, 0.25) is 0 Å². The monoisotopic (exact) mass is 528 g/mol. The first-order chi connectivity index (χ1) is 15.2. The van der Waals surface area contributed by atoms with Gasteiger partial charge in [0.15, 0.2) is 0 Å². The van der Waals surface area contributed by atoms with E-state index in [9.17, 15) is 33.0 Å². The summed E-state index contributed by atoms with van der Waals surface area (Å²) in [5, 5.41) is 26.9. The predicted molar refractivity (Wildman–Crippen MR) is 118 cm³/mol. The van der Waals surface area contributed by atoms with E-state index in [1.807, 2.05) is 0 Å². The molecule has 0 aliphatic heterocycles. The maximum Gasteiger partial charge on any atom is 0.426 e. The largest absolute Gasteiger partial charge is 0.508 e. The van der Waals surface area contributed by atoms with Crippen molar-refractivity contribution < 1.29 is 32.7 Å². The summed E-state index contributed by atoms with van der Waals surface area (Å²) in [6.45, 7) is 4.28. The molecule has 0 radical (unpaired) electrons. The Morgan fingerprint density at radius 1 is 1.15 bits per heavy atom. The fraction of sp³-hybridized carbons (Fsp3) is 0.318. The number of nitrogens with one attached hydrogen (secondary N) is 1. The van der Waals surface area contributed by atoms with Gasteiger partial charge in [-0.05, 0) is 48.7 Å². The summed E-state index contributed by atoms with van der Waals surface area (Å²) < 4.78 is 47.1. The third-order valence-corrected chi connectivity index (χ3v) is 5.88. The van der Waals surface area contributed by atoms with Gasteiger partial charge in [0, 0.05) is 27.5 Å². The topological polar surface area (TPSA) is 113 Å². The molecule has 1 aromatic heterocycles. The molecule has 176 valence electrons. The van der Waals surface area contributed by atoms with Crippen molar-refractivity contribution in [2.45, 2.75) is 44.4 Å². The van der Waals surface area contributed by atoms with Gasteiger partial charge in [-0.25, -0.2) is 4.79 Å². The van der Waals surface area contributed by atoms with Crippen molar-refractivity contribution in [3.63, 3.8) is 0 Å². The van der Waals surface area contributed by atoms with Crippen molar-refractivity contribution in [2.75, 3.05) is 5.32 Å². The maximum atomic E-state index is 14.0. The predicted octanol–water partition coefficient (Wildman–Crippen LogP) is 4.56. The van der Waals surface area contributed by atoms with Crippen LogP contribution in [0.3, 0.4) is 0 Å². The van der Waals surface area contributed by atoms with Gasteiger partial charge in [0.25, 0.3) is 5.91 Å². The average Bonchev–Trinajstić information content (AvgIpc) is 2.71. The van der Waals surface area contributed by atoms with Crippen LogP contribution in [0.1, 0.15) is 31.5 Å². The van der Waals surface area contributed by atoms with Gasteiger partial charge in [-0.2, -0.15) is 13.2 Å². The first-order valence-corrected chi connectivity index (χ1v) is 10.4. The third kappa shape index (κ3) is 4.74. The summed E-state index contributed by atoms with van der Waals surface area (Å²) >= 11 is 3.20. The number of halogens is 4. The highest BCUT2D eigenvalue weighted by atomic mass is 79.9. The summed E-state index contributed by atoms with van der Waals surface area (Å²) in [5.41, 5.74) is -5.66. The molecule has 1 atom stereocenters.